The summed E-state index contributed by atoms with van der Waals surface area (Å²) in [5, 5.41) is 0. The number of carbonyl (C=O) groups is 1. The Morgan fingerprint density at radius 1 is 1.05 bits per heavy atom. The van der Waals surface area contributed by atoms with Crippen molar-refractivity contribution in [2.75, 3.05) is 0 Å². The number of benzene rings is 2. The van der Waals surface area contributed by atoms with Crippen LogP contribution in [0.1, 0.15) is 15.9 Å². The molecule has 0 heterocycles. The number of ketones is 1. The largest absolute Gasteiger partial charge is 0.294 e. The van der Waals surface area contributed by atoms with Gasteiger partial charge in [-0.15, -0.1) is 0 Å². The Morgan fingerprint density at radius 2 is 1.79 bits per heavy atom. The fourth-order valence-corrected chi connectivity index (χ4v) is 2.64. The van der Waals surface area contributed by atoms with Crippen LogP contribution in [0.3, 0.4) is 0 Å². The number of hydrogen-bond donors (Lipinski definition) is 0. The van der Waals surface area contributed by atoms with Gasteiger partial charge in [-0.1, -0.05) is 15.9 Å². The lowest BCUT2D eigenvalue weighted by molar-refractivity contribution is 0.0991. The quantitative estimate of drug-likeness (QED) is 0.681. The number of Topliss-reactive ketones (excluding diaryl/α,β-unsaturated/α-hetero) is 1. The lowest BCUT2D eigenvalue weighted by atomic mass is 10.0. The van der Waals surface area contributed by atoms with E-state index in [0.29, 0.717) is 20.1 Å². The average molecular weight is 390 g/mol. The van der Waals surface area contributed by atoms with Crippen LogP contribution in [0.15, 0.2) is 45.3 Å². The van der Waals surface area contributed by atoms with Crippen LogP contribution in [-0.2, 0) is 6.42 Å². The maximum absolute atomic E-state index is 13.6. The third kappa shape index (κ3) is 3.48. The van der Waals surface area contributed by atoms with Crippen molar-refractivity contribution >= 4 is 37.6 Å². The number of hydrogen-bond acceptors (Lipinski definition) is 1. The normalized spacial score (nSPS) is 10.5. The summed E-state index contributed by atoms with van der Waals surface area (Å²) in [4.78, 5) is 12.1. The van der Waals surface area contributed by atoms with Gasteiger partial charge >= 0.3 is 0 Å². The minimum absolute atomic E-state index is 0.0739. The van der Waals surface area contributed by atoms with Crippen LogP contribution in [0.2, 0.25) is 0 Å². The third-order valence-corrected chi connectivity index (χ3v) is 3.74. The molecule has 2 aromatic carbocycles. The van der Waals surface area contributed by atoms with E-state index in [-0.39, 0.29) is 12.2 Å². The van der Waals surface area contributed by atoms with Crippen molar-refractivity contribution in [1.82, 2.24) is 0 Å². The van der Waals surface area contributed by atoms with E-state index in [0.717, 1.165) is 0 Å². The van der Waals surface area contributed by atoms with Gasteiger partial charge in [0.2, 0.25) is 0 Å². The van der Waals surface area contributed by atoms with E-state index in [9.17, 15) is 13.6 Å². The highest BCUT2D eigenvalue weighted by atomic mass is 79.9. The molecule has 0 fully saturated rings. The van der Waals surface area contributed by atoms with E-state index in [2.05, 4.69) is 31.9 Å². The molecule has 1 nitrogen and oxygen atoms in total. The minimum atomic E-state index is -0.435. The molecular weight excluding hydrogens is 382 g/mol. The summed E-state index contributed by atoms with van der Waals surface area (Å²) in [5.74, 6) is -1.14. The zero-order valence-corrected chi connectivity index (χ0v) is 12.8. The van der Waals surface area contributed by atoms with Crippen molar-refractivity contribution in [2.24, 2.45) is 0 Å². The molecule has 0 saturated carbocycles. The molecule has 0 aliphatic heterocycles. The minimum Gasteiger partial charge on any atom is -0.294 e. The lowest BCUT2D eigenvalue weighted by Crippen LogP contribution is -2.06. The van der Waals surface area contributed by atoms with Crippen LogP contribution >= 0.6 is 31.9 Å². The van der Waals surface area contributed by atoms with Gasteiger partial charge in [0.1, 0.15) is 11.6 Å². The molecule has 19 heavy (non-hydrogen) atoms. The van der Waals surface area contributed by atoms with Gasteiger partial charge in [0.15, 0.2) is 5.78 Å². The second-order valence-electron chi connectivity index (χ2n) is 3.96. The van der Waals surface area contributed by atoms with Crippen molar-refractivity contribution in [1.29, 1.82) is 0 Å². The molecule has 0 radical (unpaired) electrons. The van der Waals surface area contributed by atoms with Crippen molar-refractivity contribution in [3.05, 3.63) is 68.1 Å². The van der Waals surface area contributed by atoms with Gasteiger partial charge in [0, 0.05) is 20.9 Å². The molecule has 0 amide bonds. The monoisotopic (exact) mass is 388 g/mol. The summed E-state index contributed by atoms with van der Waals surface area (Å²) in [6.07, 6.45) is -0.0739. The highest BCUT2D eigenvalue weighted by Gasteiger charge is 2.14. The molecule has 5 heteroatoms. The molecule has 0 spiro atoms. The Balaban J connectivity index is 2.28. The van der Waals surface area contributed by atoms with E-state index in [1.165, 1.54) is 24.3 Å². The Hall–Kier alpha value is -1.07. The Kier molecular flexibility index (Phi) is 4.47. The molecule has 0 bridgehead atoms. The van der Waals surface area contributed by atoms with Crippen LogP contribution in [0, 0.1) is 11.6 Å². The van der Waals surface area contributed by atoms with E-state index in [1.807, 2.05) is 0 Å². The summed E-state index contributed by atoms with van der Waals surface area (Å²) in [5.41, 5.74) is 0.636. The zero-order valence-electron chi connectivity index (χ0n) is 9.59. The molecule has 0 atom stereocenters. The molecule has 0 N–H and O–H groups in total. The second kappa shape index (κ2) is 5.92. The first kappa shape index (κ1) is 14.3. The topological polar surface area (TPSA) is 17.1 Å². The summed E-state index contributed by atoms with van der Waals surface area (Å²) in [6.45, 7) is 0. The Labute approximate surface area is 125 Å². The first-order chi connectivity index (χ1) is 8.97. The first-order valence-corrected chi connectivity index (χ1v) is 6.98. The smallest absolute Gasteiger partial charge is 0.168 e. The van der Waals surface area contributed by atoms with Crippen molar-refractivity contribution in [2.45, 2.75) is 6.42 Å². The predicted octanol–water partition coefficient (Wildman–Crippen LogP) is 4.92. The fraction of sp³-hybridized carbons (Fsp3) is 0.0714. The first-order valence-electron chi connectivity index (χ1n) is 5.39. The third-order valence-electron chi connectivity index (χ3n) is 2.59. The van der Waals surface area contributed by atoms with Gasteiger partial charge in [-0.25, -0.2) is 8.78 Å². The maximum Gasteiger partial charge on any atom is 0.168 e. The molecular formula is C14H8Br2F2O. The number of rotatable bonds is 3. The van der Waals surface area contributed by atoms with E-state index < -0.39 is 11.6 Å². The van der Waals surface area contributed by atoms with Gasteiger partial charge in [0.05, 0.1) is 0 Å². The number of halogens is 4. The van der Waals surface area contributed by atoms with Crippen molar-refractivity contribution in [3.63, 3.8) is 0 Å². The number of carbonyl (C=O) groups excluding carboxylic acids is 1. The van der Waals surface area contributed by atoms with Crippen molar-refractivity contribution in [3.8, 4) is 0 Å². The van der Waals surface area contributed by atoms with Gasteiger partial charge in [-0.3, -0.25) is 4.79 Å². The molecule has 98 valence electrons. The molecule has 0 saturated heterocycles. The van der Waals surface area contributed by atoms with E-state index in [1.54, 1.807) is 12.1 Å². The van der Waals surface area contributed by atoms with E-state index >= 15 is 0 Å². The van der Waals surface area contributed by atoms with Crippen LogP contribution in [0.25, 0.3) is 0 Å². The van der Waals surface area contributed by atoms with Crippen molar-refractivity contribution < 1.29 is 13.6 Å². The summed E-state index contributed by atoms with van der Waals surface area (Å²) >= 11 is 6.36. The SMILES string of the molecule is O=C(Cc1cc(Br)ccc1F)c1ccc(F)cc1Br. The maximum atomic E-state index is 13.6. The fourth-order valence-electron chi connectivity index (χ4n) is 1.66. The van der Waals surface area contributed by atoms with Gasteiger partial charge in [-0.2, -0.15) is 0 Å². The van der Waals surface area contributed by atoms with Gasteiger partial charge < -0.3 is 0 Å². The van der Waals surface area contributed by atoms with Gasteiger partial charge in [0.25, 0.3) is 0 Å². The zero-order chi connectivity index (χ0) is 14.0. The summed E-state index contributed by atoms with van der Waals surface area (Å²) in [7, 11) is 0. The highest BCUT2D eigenvalue weighted by molar-refractivity contribution is 9.10. The standard InChI is InChI=1S/C14H8Br2F2O/c15-9-1-4-13(18)8(5-9)6-14(19)11-3-2-10(17)7-12(11)16/h1-5,7H,6H2. The van der Waals surface area contributed by atoms with Crippen LogP contribution in [0.4, 0.5) is 8.78 Å². The molecule has 0 aliphatic rings. The average Bonchev–Trinajstić information content (AvgIpc) is 2.33. The Bertz CT molecular complexity index is 641. The summed E-state index contributed by atoms with van der Waals surface area (Å²) in [6, 6.07) is 8.23. The van der Waals surface area contributed by atoms with E-state index in [4.69, 9.17) is 0 Å². The Morgan fingerprint density at radius 3 is 2.47 bits per heavy atom. The molecule has 0 aromatic heterocycles. The lowest BCUT2D eigenvalue weighted by Gasteiger charge is -2.06. The highest BCUT2D eigenvalue weighted by Crippen LogP contribution is 2.22. The molecule has 2 rings (SSSR count). The molecule has 0 aliphatic carbocycles. The second-order valence-corrected chi connectivity index (χ2v) is 5.73. The van der Waals surface area contributed by atoms with Gasteiger partial charge in [-0.05, 0) is 57.9 Å². The predicted molar refractivity (Wildman–Crippen MR) is 76.2 cm³/mol. The van der Waals surface area contributed by atoms with Crippen LogP contribution < -0.4 is 0 Å². The van der Waals surface area contributed by atoms with Crippen LogP contribution in [0.5, 0.6) is 0 Å². The molecule has 2 aromatic rings. The summed E-state index contributed by atoms with van der Waals surface area (Å²) < 4.78 is 27.6. The van der Waals surface area contributed by atoms with Crippen LogP contribution in [-0.4, -0.2) is 5.78 Å². The molecule has 0 unspecified atom stereocenters.